The number of rotatable bonds is 5. The van der Waals surface area contributed by atoms with Crippen LogP contribution < -0.4 is 19.9 Å². The van der Waals surface area contributed by atoms with Crippen LogP contribution in [-0.2, 0) is 0 Å². The van der Waals surface area contributed by atoms with Crippen molar-refractivity contribution >= 4 is 17.3 Å². The second-order valence-electron chi connectivity index (χ2n) is 6.79. The Balaban J connectivity index is 1.42. The molecule has 0 unspecified atom stereocenters. The Kier molecular flexibility index (Phi) is 4.65. The number of nitrogens with one attached hydrogen (secondary N) is 1. The third-order valence-corrected chi connectivity index (χ3v) is 4.96. The molecule has 1 aliphatic heterocycles. The number of carbonyl (C=O) groups is 1. The summed E-state index contributed by atoms with van der Waals surface area (Å²) in [6.45, 7) is 3.61. The SMILES string of the molecule is COc1ccccc1N1CCN(c2ccnc(C(=O)NC3CC3)c2)CC1. The highest BCUT2D eigenvalue weighted by Crippen LogP contribution is 2.29. The fourth-order valence-electron chi connectivity index (χ4n) is 3.32. The van der Waals surface area contributed by atoms with E-state index in [4.69, 9.17) is 4.74 Å². The lowest BCUT2D eigenvalue weighted by molar-refractivity contribution is 0.0946. The van der Waals surface area contributed by atoms with E-state index in [2.05, 4.69) is 26.2 Å². The highest BCUT2D eigenvalue weighted by molar-refractivity contribution is 5.93. The van der Waals surface area contributed by atoms with Gasteiger partial charge in [-0.25, -0.2) is 0 Å². The highest BCUT2D eigenvalue weighted by atomic mass is 16.5. The maximum absolute atomic E-state index is 12.2. The maximum Gasteiger partial charge on any atom is 0.270 e. The van der Waals surface area contributed by atoms with Crippen molar-refractivity contribution in [2.45, 2.75) is 18.9 Å². The van der Waals surface area contributed by atoms with E-state index in [1.54, 1.807) is 13.3 Å². The van der Waals surface area contributed by atoms with Gasteiger partial charge in [-0.3, -0.25) is 9.78 Å². The van der Waals surface area contributed by atoms with E-state index < -0.39 is 0 Å². The Morgan fingerprint density at radius 2 is 1.85 bits per heavy atom. The smallest absolute Gasteiger partial charge is 0.270 e. The first-order valence-electron chi connectivity index (χ1n) is 9.14. The molecule has 1 aromatic carbocycles. The summed E-state index contributed by atoms with van der Waals surface area (Å²) < 4.78 is 5.48. The third kappa shape index (κ3) is 3.59. The Morgan fingerprint density at radius 1 is 1.12 bits per heavy atom. The summed E-state index contributed by atoms with van der Waals surface area (Å²) >= 11 is 0. The van der Waals surface area contributed by atoms with Gasteiger partial charge in [0, 0.05) is 44.1 Å². The highest BCUT2D eigenvalue weighted by Gasteiger charge is 2.25. The number of methoxy groups -OCH3 is 1. The van der Waals surface area contributed by atoms with Crippen molar-refractivity contribution in [1.29, 1.82) is 0 Å². The number of anilines is 2. The summed E-state index contributed by atoms with van der Waals surface area (Å²) in [6.07, 6.45) is 3.89. The number of hydrogen-bond donors (Lipinski definition) is 1. The van der Waals surface area contributed by atoms with Gasteiger partial charge in [0.05, 0.1) is 12.8 Å². The number of piperazine rings is 1. The molecule has 1 saturated carbocycles. The third-order valence-electron chi connectivity index (χ3n) is 4.96. The molecule has 0 radical (unpaired) electrons. The van der Waals surface area contributed by atoms with Crippen LogP contribution in [0.5, 0.6) is 5.75 Å². The first kappa shape index (κ1) is 16.7. The predicted molar refractivity (Wildman–Crippen MR) is 102 cm³/mol. The molecule has 1 aromatic heterocycles. The van der Waals surface area contributed by atoms with Crippen LogP contribution in [0.25, 0.3) is 0 Å². The Bertz CT molecular complexity index is 783. The van der Waals surface area contributed by atoms with Crippen LogP contribution in [0.2, 0.25) is 0 Å². The lowest BCUT2D eigenvalue weighted by atomic mass is 10.2. The number of carbonyl (C=O) groups excluding carboxylic acids is 1. The van der Waals surface area contributed by atoms with Crippen LogP contribution in [0.15, 0.2) is 42.6 Å². The van der Waals surface area contributed by atoms with Crippen molar-refractivity contribution in [3.8, 4) is 5.75 Å². The minimum atomic E-state index is -0.0676. The molecule has 136 valence electrons. The number of pyridine rings is 1. The van der Waals surface area contributed by atoms with Gasteiger partial charge in [0.2, 0.25) is 0 Å². The second-order valence-corrected chi connectivity index (χ2v) is 6.79. The van der Waals surface area contributed by atoms with Crippen molar-refractivity contribution in [3.05, 3.63) is 48.3 Å². The topological polar surface area (TPSA) is 57.7 Å². The first-order valence-corrected chi connectivity index (χ1v) is 9.14. The van der Waals surface area contributed by atoms with Crippen molar-refractivity contribution < 1.29 is 9.53 Å². The molecule has 1 aliphatic carbocycles. The van der Waals surface area contributed by atoms with Crippen molar-refractivity contribution in [3.63, 3.8) is 0 Å². The standard InChI is InChI=1S/C20H24N4O2/c1-26-19-5-3-2-4-18(19)24-12-10-23(11-13-24)16-8-9-21-17(14-16)20(25)22-15-6-7-15/h2-5,8-9,14-15H,6-7,10-13H2,1H3,(H,22,25). The molecular formula is C20H24N4O2. The Morgan fingerprint density at radius 3 is 2.58 bits per heavy atom. The fraction of sp³-hybridized carbons (Fsp3) is 0.400. The molecule has 2 fully saturated rings. The van der Waals surface area contributed by atoms with Gasteiger partial charge in [-0.1, -0.05) is 12.1 Å². The summed E-state index contributed by atoms with van der Waals surface area (Å²) in [5.74, 6) is 0.839. The van der Waals surface area contributed by atoms with Gasteiger partial charge in [-0.2, -0.15) is 0 Å². The zero-order valence-corrected chi connectivity index (χ0v) is 15.0. The quantitative estimate of drug-likeness (QED) is 0.895. The molecule has 1 amide bonds. The van der Waals surface area contributed by atoms with Crippen molar-refractivity contribution in [2.24, 2.45) is 0 Å². The molecule has 2 aliphatic rings. The van der Waals surface area contributed by atoms with Crippen LogP contribution in [-0.4, -0.2) is 50.2 Å². The van der Waals surface area contributed by atoms with Gasteiger partial charge in [0.1, 0.15) is 11.4 Å². The molecule has 2 aromatic rings. The van der Waals surface area contributed by atoms with Crippen LogP contribution in [0.3, 0.4) is 0 Å². The summed E-state index contributed by atoms with van der Waals surface area (Å²) in [6, 6.07) is 12.3. The fourth-order valence-corrected chi connectivity index (χ4v) is 3.32. The molecule has 6 nitrogen and oxygen atoms in total. The molecule has 0 bridgehead atoms. The zero-order valence-electron chi connectivity index (χ0n) is 15.0. The van der Waals surface area contributed by atoms with Gasteiger partial charge in [0.25, 0.3) is 5.91 Å². The monoisotopic (exact) mass is 352 g/mol. The Labute approximate surface area is 153 Å². The summed E-state index contributed by atoms with van der Waals surface area (Å²) in [7, 11) is 1.71. The van der Waals surface area contributed by atoms with E-state index >= 15 is 0 Å². The molecule has 0 spiro atoms. The molecule has 1 saturated heterocycles. The Hall–Kier alpha value is -2.76. The number of hydrogen-bond acceptors (Lipinski definition) is 5. The second kappa shape index (κ2) is 7.23. The van der Waals surface area contributed by atoms with Gasteiger partial charge >= 0.3 is 0 Å². The normalized spacial score (nSPS) is 17.1. The predicted octanol–water partition coefficient (Wildman–Crippen LogP) is 2.31. The van der Waals surface area contributed by atoms with E-state index in [0.717, 1.165) is 56.1 Å². The molecule has 4 rings (SSSR count). The molecule has 2 heterocycles. The van der Waals surface area contributed by atoms with E-state index in [-0.39, 0.29) is 5.91 Å². The number of nitrogens with zero attached hydrogens (tertiary/aromatic N) is 3. The van der Waals surface area contributed by atoms with Gasteiger partial charge in [0.15, 0.2) is 0 Å². The number of para-hydroxylation sites is 2. The lowest BCUT2D eigenvalue weighted by Gasteiger charge is -2.37. The van der Waals surface area contributed by atoms with Gasteiger partial charge < -0.3 is 19.9 Å². The van der Waals surface area contributed by atoms with E-state index in [1.807, 2.05) is 30.3 Å². The molecule has 26 heavy (non-hydrogen) atoms. The number of amides is 1. The summed E-state index contributed by atoms with van der Waals surface area (Å²) in [5.41, 5.74) is 2.69. The van der Waals surface area contributed by atoms with Crippen molar-refractivity contribution in [2.75, 3.05) is 43.1 Å². The van der Waals surface area contributed by atoms with Gasteiger partial charge in [-0.05, 0) is 37.1 Å². The van der Waals surface area contributed by atoms with Crippen LogP contribution >= 0.6 is 0 Å². The minimum Gasteiger partial charge on any atom is -0.495 e. The lowest BCUT2D eigenvalue weighted by Crippen LogP contribution is -2.46. The number of ether oxygens (including phenoxy) is 1. The van der Waals surface area contributed by atoms with E-state index in [0.29, 0.717) is 11.7 Å². The zero-order chi connectivity index (χ0) is 17.9. The van der Waals surface area contributed by atoms with E-state index in [9.17, 15) is 4.79 Å². The molecule has 1 N–H and O–H groups in total. The first-order chi connectivity index (χ1) is 12.7. The van der Waals surface area contributed by atoms with Crippen LogP contribution in [0.1, 0.15) is 23.3 Å². The number of aromatic nitrogens is 1. The number of benzene rings is 1. The summed E-state index contributed by atoms with van der Waals surface area (Å²) in [5, 5.41) is 3.00. The average Bonchev–Trinajstić information content (AvgIpc) is 3.52. The van der Waals surface area contributed by atoms with Crippen LogP contribution in [0.4, 0.5) is 11.4 Å². The van der Waals surface area contributed by atoms with E-state index in [1.165, 1.54) is 0 Å². The largest absolute Gasteiger partial charge is 0.495 e. The molecular weight excluding hydrogens is 328 g/mol. The summed E-state index contributed by atoms with van der Waals surface area (Å²) in [4.78, 5) is 21.1. The maximum atomic E-state index is 12.2. The molecule has 6 heteroatoms. The minimum absolute atomic E-state index is 0.0676. The molecule has 0 atom stereocenters. The van der Waals surface area contributed by atoms with Crippen molar-refractivity contribution in [1.82, 2.24) is 10.3 Å². The van der Waals surface area contributed by atoms with Gasteiger partial charge in [-0.15, -0.1) is 0 Å². The average molecular weight is 352 g/mol. The van der Waals surface area contributed by atoms with Crippen LogP contribution in [0, 0.1) is 0 Å².